The zero-order chi connectivity index (χ0) is 30.4. The van der Waals surface area contributed by atoms with Gasteiger partial charge in [-0.25, -0.2) is 0 Å². The molecule has 224 valence electrons. The van der Waals surface area contributed by atoms with Crippen LogP contribution in [0.1, 0.15) is 5.56 Å². The number of hydrogen-bond acceptors (Lipinski definition) is 9. The van der Waals surface area contributed by atoms with Crippen molar-refractivity contribution < 1.29 is 43.1 Å². The molecule has 4 rings (SSSR count). The van der Waals surface area contributed by atoms with Crippen LogP contribution < -0.4 is 34.3 Å². The van der Waals surface area contributed by atoms with Crippen LogP contribution in [0.5, 0.6) is 34.5 Å². The Balaban J connectivity index is 2.34. The van der Waals surface area contributed by atoms with Crippen molar-refractivity contribution >= 4 is 23.7 Å². The Labute approximate surface area is 246 Å². The zero-order valence-electron chi connectivity index (χ0n) is 24.8. The number of aromatic hydroxyl groups is 1. The Morgan fingerprint density at radius 3 is 1.50 bits per heavy atom. The van der Waals surface area contributed by atoms with Crippen LogP contribution in [0.4, 0.5) is 0 Å². The number of ether oxygens (including phenoxy) is 7. The Kier molecular flexibility index (Phi) is 9.53. The van der Waals surface area contributed by atoms with Gasteiger partial charge >= 0.3 is 247 Å². The first-order valence-corrected chi connectivity index (χ1v) is 15.4. The maximum absolute atomic E-state index is 12.9. The molecule has 0 bridgehead atoms. The van der Waals surface area contributed by atoms with Crippen LogP contribution in [0.15, 0.2) is 78.3 Å². The van der Waals surface area contributed by atoms with E-state index in [1.165, 1.54) is 40.6 Å². The van der Waals surface area contributed by atoms with Gasteiger partial charge in [0.1, 0.15) is 0 Å². The van der Waals surface area contributed by atoms with Crippen molar-refractivity contribution in [2.45, 2.75) is 11.8 Å². The van der Waals surface area contributed by atoms with E-state index in [0.29, 0.717) is 51.7 Å². The number of hydrogen-bond donors (Lipinski definition) is 1. The molecular formula is C32H37O9P. The van der Waals surface area contributed by atoms with Gasteiger partial charge in [0.25, 0.3) is 0 Å². The summed E-state index contributed by atoms with van der Waals surface area (Å²) in [5.41, 5.74) is 0.359. The third-order valence-electron chi connectivity index (χ3n) is 7.53. The van der Waals surface area contributed by atoms with E-state index in [0.717, 1.165) is 10.9 Å². The second-order valence-corrected chi connectivity index (χ2v) is 13.5. The number of ketones is 1. The molecule has 3 aromatic rings. The molecule has 0 aliphatic heterocycles. The molecule has 10 heteroatoms. The van der Waals surface area contributed by atoms with Gasteiger partial charge in [-0.05, 0) is 0 Å². The third kappa shape index (κ3) is 5.44. The van der Waals surface area contributed by atoms with Crippen molar-refractivity contribution in [2.75, 3.05) is 49.8 Å². The number of carbonyl (C=O) groups excluding carboxylic acids is 1. The van der Waals surface area contributed by atoms with E-state index in [2.05, 4.69) is 0 Å². The summed E-state index contributed by atoms with van der Waals surface area (Å²) >= 11 is 0. The Morgan fingerprint density at radius 1 is 0.643 bits per heavy atom. The van der Waals surface area contributed by atoms with Crippen LogP contribution in [-0.4, -0.2) is 66.3 Å². The van der Waals surface area contributed by atoms with Gasteiger partial charge in [0.15, 0.2) is 0 Å². The summed E-state index contributed by atoms with van der Waals surface area (Å²) < 4.78 is 41.6. The van der Waals surface area contributed by atoms with Crippen molar-refractivity contribution in [1.29, 1.82) is 0 Å². The van der Waals surface area contributed by atoms with Gasteiger partial charge in [-0.1, -0.05) is 0 Å². The summed E-state index contributed by atoms with van der Waals surface area (Å²) in [5.74, 6) is 2.80. The molecule has 0 fully saturated rings. The molecule has 0 saturated heterocycles. The summed E-state index contributed by atoms with van der Waals surface area (Å²) in [6.45, 7) is 0. The molecule has 1 N–H and O–H groups in total. The van der Waals surface area contributed by atoms with E-state index < -0.39 is 12.9 Å². The van der Waals surface area contributed by atoms with Gasteiger partial charge in [-0.2, -0.15) is 0 Å². The molecule has 0 saturated carbocycles. The quantitative estimate of drug-likeness (QED) is 0.306. The molecule has 9 nitrogen and oxygen atoms in total. The summed E-state index contributed by atoms with van der Waals surface area (Å²) in [6.07, 6.45) is 3.38. The number of phenolic OH excluding ortho intramolecular Hbond substituents is 1. The zero-order valence-corrected chi connectivity index (χ0v) is 25.8. The fourth-order valence-electron chi connectivity index (χ4n) is 5.86. The van der Waals surface area contributed by atoms with Crippen molar-refractivity contribution in [3.63, 3.8) is 0 Å². The number of rotatable bonds is 12. The predicted molar refractivity (Wildman–Crippen MR) is 164 cm³/mol. The third-order valence-corrected chi connectivity index (χ3v) is 12.8. The van der Waals surface area contributed by atoms with Crippen LogP contribution in [0.2, 0.25) is 0 Å². The normalized spacial score (nSPS) is 13.9. The molecule has 0 heterocycles. The van der Waals surface area contributed by atoms with Gasteiger partial charge in [-0.15, -0.1) is 0 Å². The first kappa shape index (κ1) is 30.6. The monoisotopic (exact) mass is 596 g/mol. The first-order chi connectivity index (χ1) is 20.3. The minimum atomic E-state index is -3.61. The van der Waals surface area contributed by atoms with Crippen molar-refractivity contribution in [2.24, 2.45) is 0 Å². The Hall–Kier alpha value is -4.36. The Bertz CT molecular complexity index is 1430. The van der Waals surface area contributed by atoms with Crippen molar-refractivity contribution in [1.82, 2.24) is 0 Å². The van der Waals surface area contributed by atoms with Gasteiger partial charge in [0.05, 0.1) is 0 Å². The number of allylic oxidation sites excluding steroid dienone is 2. The Morgan fingerprint density at radius 2 is 1.10 bits per heavy atom. The van der Waals surface area contributed by atoms with E-state index in [1.54, 1.807) is 45.6 Å². The van der Waals surface area contributed by atoms with Gasteiger partial charge in [0, 0.05) is 0 Å². The summed E-state index contributed by atoms with van der Waals surface area (Å²) in [7, 11) is 7.24. The first-order valence-electron chi connectivity index (χ1n) is 13.2. The molecule has 42 heavy (non-hydrogen) atoms. The van der Waals surface area contributed by atoms with Crippen LogP contribution in [0.3, 0.4) is 0 Å². The number of benzene rings is 3. The molecule has 0 radical (unpaired) electrons. The molecule has 0 amide bonds. The number of phenols is 1. The average Bonchev–Trinajstić information content (AvgIpc) is 3.02. The number of carbonyl (C=O) groups is 1. The second-order valence-electron chi connectivity index (χ2n) is 9.60. The molecular weight excluding hydrogens is 559 g/mol. The molecule has 0 spiro atoms. The van der Waals surface area contributed by atoms with Crippen LogP contribution in [-0.2, 0) is 20.4 Å². The van der Waals surface area contributed by atoms with E-state index in [1.807, 2.05) is 30.3 Å². The summed E-state index contributed by atoms with van der Waals surface area (Å²) in [6, 6.07) is 16.6. The fraction of sp³-hybridized carbons (Fsp3) is 0.281. The minimum absolute atomic E-state index is 0.0347. The molecule has 0 aromatic heterocycles. The standard InChI is InChI=1S/C32H37O9P/c1-35-23-17-28(40-6)32(29(18-23)41-7)42(19-20-11-9-8-10-12-20,30-24(36-2)13-21(33)14-25(30)37-3)31-26(38-4)15-22(34)16-27(31)39-5/h8-18,30,34,42H,19H2,1-7H3. The SMILES string of the molecule is COC1=CC(=O)C=C(OC)C1[PH](Cc1ccccc1)(c1c(OC)cc(O)cc1OC)c1c(OC)cc(OC)cc1OC. The number of methoxy groups -OCH3 is 7. The van der Waals surface area contributed by atoms with Crippen LogP contribution in [0, 0.1) is 0 Å². The molecule has 1 aliphatic carbocycles. The van der Waals surface area contributed by atoms with Crippen molar-refractivity contribution in [3.05, 3.63) is 83.8 Å². The van der Waals surface area contributed by atoms with E-state index >= 15 is 0 Å². The fourth-order valence-corrected chi connectivity index (χ4v) is 12.0. The molecule has 3 aromatic carbocycles. The topological polar surface area (TPSA) is 102 Å². The molecule has 0 atom stereocenters. The summed E-state index contributed by atoms with van der Waals surface area (Å²) in [4.78, 5) is 12.9. The molecule has 0 unspecified atom stereocenters. The summed E-state index contributed by atoms with van der Waals surface area (Å²) in [5, 5.41) is 12.1. The van der Waals surface area contributed by atoms with Gasteiger partial charge in [-0.3, -0.25) is 0 Å². The van der Waals surface area contributed by atoms with Crippen LogP contribution in [0.25, 0.3) is 0 Å². The second kappa shape index (κ2) is 13.1. The van der Waals surface area contributed by atoms with E-state index in [-0.39, 0.29) is 11.5 Å². The van der Waals surface area contributed by atoms with E-state index in [9.17, 15) is 9.90 Å². The van der Waals surface area contributed by atoms with E-state index in [4.69, 9.17) is 33.2 Å². The predicted octanol–water partition coefficient (Wildman–Crippen LogP) is 4.35. The maximum atomic E-state index is 12.9. The average molecular weight is 597 g/mol. The molecule has 1 aliphatic rings. The van der Waals surface area contributed by atoms with Crippen LogP contribution >= 0.6 is 7.26 Å². The van der Waals surface area contributed by atoms with Gasteiger partial charge < -0.3 is 0 Å². The van der Waals surface area contributed by atoms with Gasteiger partial charge in [0.2, 0.25) is 0 Å². The van der Waals surface area contributed by atoms with Crippen molar-refractivity contribution in [3.8, 4) is 34.5 Å².